The van der Waals surface area contributed by atoms with Crippen molar-refractivity contribution in [2.45, 2.75) is 12.8 Å². The average molecular weight is 225 g/mol. The van der Waals surface area contributed by atoms with Crippen LogP contribution in [0.15, 0.2) is 23.6 Å². The van der Waals surface area contributed by atoms with Gasteiger partial charge in [0.25, 0.3) is 0 Å². The summed E-state index contributed by atoms with van der Waals surface area (Å²) in [5.74, 6) is 0.461. The number of aromatic nitrogens is 2. The standard InChI is InChI=1S/C10H9ClN2S/c1-7-3-2-4-9(12-7)10-13-8(5-11)6-14-10/h2-4,6H,5H2,1H3. The summed E-state index contributed by atoms with van der Waals surface area (Å²) in [7, 11) is 0. The van der Waals surface area contributed by atoms with Crippen molar-refractivity contribution in [3.05, 3.63) is 35.0 Å². The molecule has 0 radical (unpaired) electrons. The highest BCUT2D eigenvalue weighted by Gasteiger charge is 2.04. The van der Waals surface area contributed by atoms with Crippen molar-refractivity contribution in [2.24, 2.45) is 0 Å². The minimum Gasteiger partial charge on any atom is -0.251 e. The number of alkyl halides is 1. The molecule has 0 spiro atoms. The molecule has 0 atom stereocenters. The number of hydrogen-bond donors (Lipinski definition) is 0. The van der Waals surface area contributed by atoms with Gasteiger partial charge in [-0.25, -0.2) is 4.98 Å². The first-order valence-corrected chi connectivity index (χ1v) is 5.65. The molecule has 2 aromatic heterocycles. The number of nitrogens with zero attached hydrogens (tertiary/aromatic N) is 2. The van der Waals surface area contributed by atoms with E-state index in [0.717, 1.165) is 22.1 Å². The third kappa shape index (κ3) is 1.94. The maximum absolute atomic E-state index is 5.68. The number of thiazole rings is 1. The van der Waals surface area contributed by atoms with Crippen LogP contribution in [0.25, 0.3) is 10.7 Å². The van der Waals surface area contributed by atoms with Crippen LogP contribution in [0.2, 0.25) is 0 Å². The first kappa shape index (κ1) is 9.62. The molecule has 0 aliphatic heterocycles. The van der Waals surface area contributed by atoms with E-state index in [1.807, 2.05) is 30.5 Å². The van der Waals surface area contributed by atoms with E-state index in [9.17, 15) is 0 Å². The lowest BCUT2D eigenvalue weighted by atomic mass is 10.3. The van der Waals surface area contributed by atoms with Gasteiger partial charge in [-0.3, -0.25) is 4.98 Å². The molecule has 14 heavy (non-hydrogen) atoms. The maximum Gasteiger partial charge on any atom is 0.142 e. The molecule has 2 heterocycles. The van der Waals surface area contributed by atoms with Crippen molar-refractivity contribution in [3.8, 4) is 10.7 Å². The first-order valence-electron chi connectivity index (χ1n) is 4.24. The van der Waals surface area contributed by atoms with Crippen LogP contribution in [0.3, 0.4) is 0 Å². The molecule has 0 aliphatic rings. The zero-order valence-electron chi connectivity index (χ0n) is 7.70. The predicted molar refractivity (Wildman–Crippen MR) is 59.6 cm³/mol. The summed E-state index contributed by atoms with van der Waals surface area (Å²) < 4.78 is 0. The van der Waals surface area contributed by atoms with Gasteiger partial charge in [0.15, 0.2) is 0 Å². The lowest BCUT2D eigenvalue weighted by molar-refractivity contribution is 1.17. The van der Waals surface area contributed by atoms with Crippen LogP contribution in [-0.4, -0.2) is 9.97 Å². The van der Waals surface area contributed by atoms with E-state index in [1.165, 1.54) is 0 Å². The van der Waals surface area contributed by atoms with E-state index in [2.05, 4.69) is 9.97 Å². The summed E-state index contributed by atoms with van der Waals surface area (Å²) >= 11 is 7.26. The van der Waals surface area contributed by atoms with Gasteiger partial charge in [0, 0.05) is 11.1 Å². The molecule has 0 saturated heterocycles. The quantitative estimate of drug-likeness (QED) is 0.732. The van der Waals surface area contributed by atoms with Gasteiger partial charge in [0.2, 0.25) is 0 Å². The largest absolute Gasteiger partial charge is 0.251 e. The number of halogens is 1. The molecular formula is C10H9ClN2S. The minimum absolute atomic E-state index is 0.461. The Kier molecular flexibility index (Phi) is 2.79. The van der Waals surface area contributed by atoms with Crippen LogP contribution in [0.1, 0.15) is 11.4 Å². The molecule has 2 aromatic rings. The molecule has 0 aliphatic carbocycles. The minimum atomic E-state index is 0.461. The molecule has 2 rings (SSSR count). The lowest BCUT2D eigenvalue weighted by Crippen LogP contribution is -1.85. The van der Waals surface area contributed by atoms with Crippen molar-refractivity contribution in [1.29, 1.82) is 0 Å². The summed E-state index contributed by atoms with van der Waals surface area (Å²) in [4.78, 5) is 8.76. The Morgan fingerprint density at radius 1 is 1.36 bits per heavy atom. The van der Waals surface area contributed by atoms with Gasteiger partial charge in [0.1, 0.15) is 5.01 Å². The van der Waals surface area contributed by atoms with Crippen LogP contribution in [0.5, 0.6) is 0 Å². The zero-order valence-corrected chi connectivity index (χ0v) is 9.27. The molecule has 0 amide bonds. The van der Waals surface area contributed by atoms with E-state index in [0.29, 0.717) is 5.88 Å². The fourth-order valence-electron chi connectivity index (χ4n) is 1.15. The van der Waals surface area contributed by atoms with Crippen LogP contribution >= 0.6 is 22.9 Å². The Bertz CT molecular complexity index is 439. The highest BCUT2D eigenvalue weighted by atomic mass is 35.5. The molecule has 2 nitrogen and oxygen atoms in total. The number of rotatable bonds is 2. The van der Waals surface area contributed by atoms with Crippen LogP contribution < -0.4 is 0 Å². The number of aryl methyl sites for hydroxylation is 1. The van der Waals surface area contributed by atoms with Crippen molar-refractivity contribution in [2.75, 3.05) is 0 Å². The van der Waals surface area contributed by atoms with Gasteiger partial charge in [-0.2, -0.15) is 0 Å². The smallest absolute Gasteiger partial charge is 0.142 e. The van der Waals surface area contributed by atoms with E-state index < -0.39 is 0 Å². The first-order chi connectivity index (χ1) is 6.79. The summed E-state index contributed by atoms with van der Waals surface area (Å²) in [5.41, 5.74) is 2.84. The maximum atomic E-state index is 5.68. The molecular weight excluding hydrogens is 216 g/mol. The monoisotopic (exact) mass is 224 g/mol. The van der Waals surface area contributed by atoms with E-state index >= 15 is 0 Å². The Balaban J connectivity index is 2.39. The van der Waals surface area contributed by atoms with Crippen molar-refractivity contribution in [1.82, 2.24) is 9.97 Å². The fraction of sp³-hybridized carbons (Fsp3) is 0.200. The highest BCUT2D eigenvalue weighted by molar-refractivity contribution is 7.13. The molecule has 0 saturated carbocycles. The highest BCUT2D eigenvalue weighted by Crippen LogP contribution is 2.22. The molecule has 0 aromatic carbocycles. The molecule has 0 bridgehead atoms. The lowest BCUT2D eigenvalue weighted by Gasteiger charge is -1.96. The van der Waals surface area contributed by atoms with Crippen LogP contribution in [0.4, 0.5) is 0 Å². The summed E-state index contributed by atoms with van der Waals surface area (Å²) in [6, 6.07) is 5.92. The predicted octanol–water partition coefficient (Wildman–Crippen LogP) is 3.25. The Labute approximate surface area is 91.6 Å². The summed E-state index contributed by atoms with van der Waals surface area (Å²) in [5, 5.41) is 2.90. The van der Waals surface area contributed by atoms with Gasteiger partial charge in [-0.15, -0.1) is 22.9 Å². The van der Waals surface area contributed by atoms with E-state index in [-0.39, 0.29) is 0 Å². The SMILES string of the molecule is Cc1cccc(-c2nc(CCl)cs2)n1. The zero-order chi connectivity index (χ0) is 9.97. The van der Waals surface area contributed by atoms with Gasteiger partial charge in [0.05, 0.1) is 17.3 Å². The second-order valence-corrected chi connectivity index (χ2v) is 4.07. The third-order valence-corrected chi connectivity index (χ3v) is 2.98. The van der Waals surface area contributed by atoms with Crippen LogP contribution in [0, 0.1) is 6.92 Å². The van der Waals surface area contributed by atoms with Gasteiger partial charge >= 0.3 is 0 Å². The summed E-state index contributed by atoms with van der Waals surface area (Å²) in [6.45, 7) is 1.97. The third-order valence-electron chi connectivity index (χ3n) is 1.80. The second-order valence-electron chi connectivity index (χ2n) is 2.94. The normalized spacial score (nSPS) is 10.4. The molecule has 0 unspecified atom stereocenters. The fourth-order valence-corrected chi connectivity index (χ4v) is 2.16. The van der Waals surface area contributed by atoms with Gasteiger partial charge in [-0.05, 0) is 19.1 Å². The number of pyridine rings is 1. The Morgan fingerprint density at radius 2 is 2.21 bits per heavy atom. The topological polar surface area (TPSA) is 25.8 Å². The number of hydrogen-bond acceptors (Lipinski definition) is 3. The van der Waals surface area contributed by atoms with Crippen molar-refractivity contribution in [3.63, 3.8) is 0 Å². The molecule has 0 fully saturated rings. The second kappa shape index (κ2) is 4.07. The average Bonchev–Trinajstić information content (AvgIpc) is 2.66. The van der Waals surface area contributed by atoms with Crippen molar-refractivity contribution >= 4 is 22.9 Å². The molecule has 4 heteroatoms. The van der Waals surface area contributed by atoms with Crippen molar-refractivity contribution < 1.29 is 0 Å². The van der Waals surface area contributed by atoms with E-state index in [4.69, 9.17) is 11.6 Å². The van der Waals surface area contributed by atoms with Crippen LogP contribution in [-0.2, 0) is 5.88 Å². The summed E-state index contributed by atoms with van der Waals surface area (Å²) in [6.07, 6.45) is 0. The molecule has 0 N–H and O–H groups in total. The Hall–Kier alpha value is -0.930. The Morgan fingerprint density at radius 3 is 2.86 bits per heavy atom. The van der Waals surface area contributed by atoms with E-state index in [1.54, 1.807) is 11.3 Å². The molecule has 72 valence electrons. The van der Waals surface area contributed by atoms with Gasteiger partial charge in [-0.1, -0.05) is 6.07 Å². The van der Waals surface area contributed by atoms with Gasteiger partial charge < -0.3 is 0 Å².